The van der Waals surface area contributed by atoms with Crippen LogP contribution in [0.15, 0.2) is 43.0 Å². The highest BCUT2D eigenvalue weighted by atomic mass is 15.2. The second-order valence-corrected chi connectivity index (χ2v) is 8.67. The van der Waals surface area contributed by atoms with Crippen molar-refractivity contribution < 1.29 is 0 Å². The molecule has 0 aliphatic carbocycles. The highest BCUT2D eigenvalue weighted by Crippen LogP contribution is 2.32. The molecule has 4 aromatic rings. The summed E-state index contributed by atoms with van der Waals surface area (Å²) in [7, 11) is 0. The van der Waals surface area contributed by atoms with Crippen LogP contribution < -0.4 is 20.9 Å². The van der Waals surface area contributed by atoms with E-state index in [9.17, 15) is 0 Å². The highest BCUT2D eigenvalue weighted by molar-refractivity contribution is 6.06. The zero-order valence-corrected chi connectivity index (χ0v) is 18.1. The molecule has 9 nitrogen and oxygen atoms in total. The number of rotatable bonds is 4. The summed E-state index contributed by atoms with van der Waals surface area (Å²) in [4.78, 5) is 20.8. The van der Waals surface area contributed by atoms with Crippen LogP contribution in [-0.4, -0.2) is 63.3 Å². The van der Waals surface area contributed by atoms with E-state index in [4.69, 9.17) is 4.98 Å². The minimum atomic E-state index is 0.362. The van der Waals surface area contributed by atoms with Crippen molar-refractivity contribution >= 4 is 39.4 Å². The van der Waals surface area contributed by atoms with Crippen LogP contribution in [0.25, 0.3) is 21.9 Å². The second-order valence-electron chi connectivity index (χ2n) is 8.67. The van der Waals surface area contributed by atoms with Crippen LogP contribution >= 0.6 is 0 Å². The van der Waals surface area contributed by atoms with E-state index < -0.39 is 0 Å². The minimum absolute atomic E-state index is 0.362. The number of hydrogen-bond acceptors (Lipinski definition) is 8. The summed E-state index contributed by atoms with van der Waals surface area (Å²) in [6.07, 6.45) is 8.66. The first-order chi connectivity index (χ1) is 15.8. The Morgan fingerprint density at radius 1 is 1.06 bits per heavy atom. The minimum Gasteiger partial charge on any atom is -0.367 e. The SMILES string of the molecule is C[C@H]1CN(c2ccc(Nc3ncc4c5ccncc5n([C@@H]5CCNC5)c4n3)nc2)CCN1. The number of pyridine rings is 2. The molecule has 0 amide bonds. The molecule has 6 heterocycles. The molecule has 164 valence electrons. The molecule has 3 N–H and O–H groups in total. The van der Waals surface area contributed by atoms with Gasteiger partial charge in [-0.05, 0) is 38.1 Å². The average Bonchev–Trinajstić information content (AvgIpc) is 3.45. The van der Waals surface area contributed by atoms with Crippen LogP contribution in [-0.2, 0) is 0 Å². The van der Waals surface area contributed by atoms with Gasteiger partial charge >= 0.3 is 0 Å². The predicted octanol–water partition coefficient (Wildman–Crippen LogP) is 2.45. The molecule has 0 unspecified atom stereocenters. The van der Waals surface area contributed by atoms with Crippen LogP contribution in [0.4, 0.5) is 17.5 Å². The molecule has 2 aliphatic heterocycles. The molecular weight excluding hydrogens is 402 g/mol. The number of nitrogens with one attached hydrogen (secondary N) is 3. The van der Waals surface area contributed by atoms with E-state index in [2.05, 4.69) is 53.4 Å². The Hall–Kier alpha value is -3.30. The molecule has 0 bridgehead atoms. The number of fused-ring (bicyclic) bond motifs is 3. The summed E-state index contributed by atoms with van der Waals surface area (Å²) in [5.74, 6) is 1.29. The fraction of sp³-hybridized carbons (Fsp3) is 0.391. The summed E-state index contributed by atoms with van der Waals surface area (Å²) in [6.45, 7) is 7.14. The normalized spacial score (nSPS) is 21.5. The van der Waals surface area contributed by atoms with Crippen LogP contribution in [0.5, 0.6) is 0 Å². The van der Waals surface area contributed by atoms with E-state index in [0.717, 1.165) is 72.6 Å². The van der Waals surface area contributed by atoms with Gasteiger partial charge in [-0.1, -0.05) is 0 Å². The number of aromatic nitrogens is 5. The molecule has 32 heavy (non-hydrogen) atoms. The van der Waals surface area contributed by atoms with Crippen LogP contribution in [0, 0.1) is 0 Å². The van der Waals surface area contributed by atoms with Crippen molar-refractivity contribution in [2.45, 2.75) is 25.4 Å². The Morgan fingerprint density at radius 3 is 2.84 bits per heavy atom. The van der Waals surface area contributed by atoms with Crippen molar-refractivity contribution in [3.8, 4) is 0 Å². The predicted molar refractivity (Wildman–Crippen MR) is 127 cm³/mol. The van der Waals surface area contributed by atoms with Crippen molar-refractivity contribution in [1.29, 1.82) is 0 Å². The van der Waals surface area contributed by atoms with E-state index in [1.165, 1.54) is 0 Å². The van der Waals surface area contributed by atoms with Crippen LogP contribution in [0.1, 0.15) is 19.4 Å². The largest absolute Gasteiger partial charge is 0.367 e. The van der Waals surface area contributed by atoms with E-state index in [1.54, 1.807) is 0 Å². The van der Waals surface area contributed by atoms with Gasteiger partial charge < -0.3 is 25.4 Å². The van der Waals surface area contributed by atoms with Gasteiger partial charge in [-0.15, -0.1) is 0 Å². The first-order valence-electron chi connectivity index (χ1n) is 11.3. The third-order valence-electron chi connectivity index (χ3n) is 6.47. The fourth-order valence-electron chi connectivity index (χ4n) is 4.88. The monoisotopic (exact) mass is 429 g/mol. The van der Waals surface area contributed by atoms with E-state index in [0.29, 0.717) is 18.0 Å². The average molecular weight is 430 g/mol. The lowest BCUT2D eigenvalue weighted by Crippen LogP contribution is -2.49. The Morgan fingerprint density at radius 2 is 2.03 bits per heavy atom. The van der Waals surface area contributed by atoms with Crippen molar-refractivity contribution in [2.24, 2.45) is 0 Å². The maximum atomic E-state index is 4.90. The summed E-state index contributed by atoms with van der Waals surface area (Å²) < 4.78 is 2.31. The highest BCUT2D eigenvalue weighted by Gasteiger charge is 2.23. The number of anilines is 3. The van der Waals surface area contributed by atoms with Crippen molar-refractivity contribution in [3.63, 3.8) is 0 Å². The molecule has 4 aromatic heterocycles. The van der Waals surface area contributed by atoms with Gasteiger partial charge in [0, 0.05) is 61.4 Å². The zero-order chi connectivity index (χ0) is 21.5. The molecule has 0 saturated carbocycles. The van der Waals surface area contributed by atoms with Gasteiger partial charge in [0.05, 0.1) is 23.6 Å². The third kappa shape index (κ3) is 3.43. The third-order valence-corrected chi connectivity index (χ3v) is 6.47. The van der Waals surface area contributed by atoms with Crippen molar-refractivity contribution in [1.82, 2.24) is 35.1 Å². The summed E-state index contributed by atoms with van der Waals surface area (Å²) in [5.41, 5.74) is 3.18. The Labute approximate surface area is 186 Å². The van der Waals surface area contributed by atoms with Crippen LogP contribution in [0.3, 0.4) is 0 Å². The molecular formula is C23H27N9. The van der Waals surface area contributed by atoms with Gasteiger partial charge in [0.2, 0.25) is 5.95 Å². The lowest BCUT2D eigenvalue weighted by molar-refractivity contribution is 0.484. The molecule has 2 fully saturated rings. The van der Waals surface area contributed by atoms with Crippen molar-refractivity contribution in [3.05, 3.63) is 43.0 Å². The molecule has 0 radical (unpaired) electrons. The zero-order valence-electron chi connectivity index (χ0n) is 18.1. The lowest BCUT2D eigenvalue weighted by atomic mass is 10.2. The maximum absolute atomic E-state index is 4.90. The maximum Gasteiger partial charge on any atom is 0.230 e. The lowest BCUT2D eigenvalue weighted by Gasteiger charge is -2.33. The summed E-state index contributed by atoms with van der Waals surface area (Å²) >= 11 is 0. The molecule has 6 rings (SSSR count). The Kier molecular flexibility index (Phi) is 4.84. The smallest absolute Gasteiger partial charge is 0.230 e. The van der Waals surface area contributed by atoms with E-state index >= 15 is 0 Å². The van der Waals surface area contributed by atoms with Gasteiger partial charge in [-0.3, -0.25) is 4.98 Å². The molecule has 9 heteroatoms. The summed E-state index contributed by atoms with van der Waals surface area (Å²) in [5, 5.41) is 12.4. The van der Waals surface area contributed by atoms with Crippen LogP contribution in [0.2, 0.25) is 0 Å². The Balaban J connectivity index is 1.31. The van der Waals surface area contributed by atoms with Gasteiger partial charge in [0.1, 0.15) is 11.5 Å². The van der Waals surface area contributed by atoms with E-state index in [1.807, 2.05) is 36.9 Å². The van der Waals surface area contributed by atoms with Gasteiger partial charge in [0.15, 0.2) is 0 Å². The quantitative estimate of drug-likeness (QED) is 0.455. The fourth-order valence-corrected chi connectivity index (χ4v) is 4.88. The molecule has 2 aliphatic rings. The molecule has 2 atom stereocenters. The van der Waals surface area contributed by atoms with Gasteiger partial charge in [-0.25, -0.2) is 9.97 Å². The number of nitrogens with zero attached hydrogens (tertiary/aromatic N) is 6. The number of piperazine rings is 1. The van der Waals surface area contributed by atoms with Gasteiger partial charge in [-0.2, -0.15) is 4.98 Å². The molecule has 2 saturated heterocycles. The second kappa shape index (κ2) is 7.99. The topological polar surface area (TPSA) is 95.8 Å². The number of hydrogen-bond donors (Lipinski definition) is 3. The van der Waals surface area contributed by atoms with Gasteiger partial charge in [0.25, 0.3) is 0 Å². The van der Waals surface area contributed by atoms with E-state index in [-0.39, 0.29) is 0 Å². The Bertz CT molecular complexity index is 1240. The summed E-state index contributed by atoms with van der Waals surface area (Å²) in [6, 6.07) is 7.00. The van der Waals surface area contributed by atoms with Crippen molar-refractivity contribution in [2.75, 3.05) is 42.9 Å². The first-order valence-corrected chi connectivity index (χ1v) is 11.3. The first kappa shape index (κ1) is 19.4. The standard InChI is InChI=1S/C23H27N9/c1-15-14-31(9-8-26-15)16-2-3-21(27-11-16)29-23-28-12-19-18-5-7-25-13-20(18)32(22(19)30-23)17-4-6-24-10-17/h2-3,5,7,11-13,15,17,24,26H,4,6,8-10,14H2,1H3,(H,27,28,29,30)/t15-,17+/m0/s1. The molecule has 0 aromatic carbocycles. The molecule has 0 spiro atoms.